The molecule has 11 nitrogen and oxygen atoms in total. The zero-order chi connectivity index (χ0) is 19.5. The van der Waals surface area contributed by atoms with Crippen LogP contribution in [0.5, 0.6) is 6.01 Å². The minimum Gasteiger partial charge on any atom is -0.466 e. The molecule has 2 aromatic heterocycles. The number of nitrogens with zero attached hydrogens (tertiary/aromatic N) is 6. The number of nitrogens with one attached hydrogen (secondary N) is 1. The van der Waals surface area contributed by atoms with E-state index in [1.165, 1.54) is 14.2 Å². The van der Waals surface area contributed by atoms with Crippen molar-refractivity contribution in [3.63, 3.8) is 0 Å². The van der Waals surface area contributed by atoms with E-state index in [2.05, 4.69) is 25.5 Å². The molecular weight excluding hydrogens is 359 g/mol. The number of hydrogen-bond acceptors (Lipinski definition) is 8. The third-order valence-electron chi connectivity index (χ3n) is 2.96. The van der Waals surface area contributed by atoms with Gasteiger partial charge in [-0.3, -0.25) is 15.1 Å². The van der Waals surface area contributed by atoms with Crippen LogP contribution in [0, 0.1) is 0 Å². The molecule has 0 fully saturated rings. The molecule has 26 heavy (non-hydrogen) atoms. The molecule has 14 heteroatoms. The second kappa shape index (κ2) is 7.22. The standard InChI is InChI=1S/C12H14F3N9O2/c1-23(17)10(21-16)20-9(25)6-3-4-7(12(13,14)15)19-8(6)24-5-18-11(22-24)26-2/h3-5H,16-17H2,1-2H3,(H,20,21,25). The van der Waals surface area contributed by atoms with Gasteiger partial charge < -0.3 is 10.6 Å². The summed E-state index contributed by atoms with van der Waals surface area (Å²) >= 11 is 0. The summed E-state index contributed by atoms with van der Waals surface area (Å²) in [6, 6.07) is 1.46. The molecule has 0 bridgehead atoms. The third-order valence-corrected chi connectivity index (χ3v) is 2.96. The molecule has 2 aromatic rings. The molecule has 0 atom stereocenters. The Morgan fingerprint density at radius 1 is 1.42 bits per heavy atom. The second-order valence-electron chi connectivity index (χ2n) is 4.76. The fourth-order valence-corrected chi connectivity index (χ4v) is 1.78. The van der Waals surface area contributed by atoms with E-state index in [1.54, 1.807) is 0 Å². The smallest absolute Gasteiger partial charge is 0.433 e. The molecule has 2 heterocycles. The lowest BCUT2D eigenvalue weighted by Gasteiger charge is -2.16. The zero-order valence-electron chi connectivity index (χ0n) is 13.5. The number of pyridine rings is 1. The van der Waals surface area contributed by atoms with E-state index < -0.39 is 23.6 Å². The maximum absolute atomic E-state index is 13.0. The van der Waals surface area contributed by atoms with Gasteiger partial charge in [0.05, 0.1) is 12.7 Å². The number of carbonyl (C=O) groups excluding carboxylic acids is 1. The van der Waals surface area contributed by atoms with Crippen molar-refractivity contribution in [3.05, 3.63) is 29.7 Å². The Morgan fingerprint density at radius 2 is 2.12 bits per heavy atom. The summed E-state index contributed by atoms with van der Waals surface area (Å²) < 4.78 is 44.5. The van der Waals surface area contributed by atoms with Gasteiger partial charge in [-0.05, 0) is 12.1 Å². The van der Waals surface area contributed by atoms with Crippen LogP contribution in [0.3, 0.4) is 0 Å². The number of hydrazine groups is 1. The van der Waals surface area contributed by atoms with Gasteiger partial charge in [0.1, 0.15) is 12.0 Å². The van der Waals surface area contributed by atoms with Crippen molar-refractivity contribution in [1.82, 2.24) is 30.1 Å². The number of hydrazone groups is 1. The number of amides is 1. The highest BCUT2D eigenvalue weighted by Gasteiger charge is 2.34. The Hall–Kier alpha value is -3.42. The maximum atomic E-state index is 13.0. The van der Waals surface area contributed by atoms with E-state index in [9.17, 15) is 18.0 Å². The Labute approximate surface area is 144 Å². The summed E-state index contributed by atoms with van der Waals surface area (Å²) in [5.41, 5.74) is -1.48. The predicted molar refractivity (Wildman–Crippen MR) is 81.7 cm³/mol. The topological polar surface area (TPSA) is 150 Å². The summed E-state index contributed by atoms with van der Waals surface area (Å²) in [5, 5.41) is 10.2. The lowest BCUT2D eigenvalue weighted by atomic mass is 10.2. The van der Waals surface area contributed by atoms with Gasteiger partial charge in [0, 0.05) is 7.05 Å². The van der Waals surface area contributed by atoms with E-state index in [1.807, 2.05) is 0 Å². The Morgan fingerprint density at radius 3 is 2.62 bits per heavy atom. The van der Waals surface area contributed by atoms with E-state index in [4.69, 9.17) is 16.4 Å². The van der Waals surface area contributed by atoms with E-state index in [0.717, 1.165) is 22.1 Å². The van der Waals surface area contributed by atoms with Crippen molar-refractivity contribution in [1.29, 1.82) is 0 Å². The average molecular weight is 373 g/mol. The summed E-state index contributed by atoms with van der Waals surface area (Å²) in [5.74, 6) is 9.00. The number of nitrogens with two attached hydrogens (primary N) is 2. The first-order valence-corrected chi connectivity index (χ1v) is 6.79. The lowest BCUT2D eigenvalue weighted by molar-refractivity contribution is -0.141. The van der Waals surface area contributed by atoms with Crippen LogP contribution in [0.1, 0.15) is 16.1 Å². The molecule has 0 saturated carbocycles. The molecule has 0 aliphatic rings. The highest BCUT2D eigenvalue weighted by molar-refractivity contribution is 6.07. The van der Waals surface area contributed by atoms with Crippen LogP contribution < -0.4 is 21.7 Å². The molecule has 0 aromatic carbocycles. The summed E-state index contributed by atoms with van der Waals surface area (Å²) in [6.45, 7) is 0. The molecule has 0 aliphatic heterocycles. The number of rotatable bonds is 3. The van der Waals surface area contributed by atoms with Gasteiger partial charge in [-0.2, -0.15) is 22.8 Å². The van der Waals surface area contributed by atoms with Crippen LogP contribution in [-0.4, -0.2) is 50.8 Å². The average Bonchev–Trinajstić information content (AvgIpc) is 3.06. The van der Waals surface area contributed by atoms with Gasteiger partial charge in [-0.15, -0.1) is 10.2 Å². The fourth-order valence-electron chi connectivity index (χ4n) is 1.78. The minimum atomic E-state index is -4.73. The maximum Gasteiger partial charge on any atom is 0.433 e. The van der Waals surface area contributed by atoms with E-state index >= 15 is 0 Å². The largest absolute Gasteiger partial charge is 0.466 e. The Bertz CT molecular complexity index is 832. The van der Waals surface area contributed by atoms with Gasteiger partial charge in [0.15, 0.2) is 5.82 Å². The quantitative estimate of drug-likeness (QED) is 0.281. The van der Waals surface area contributed by atoms with E-state index in [0.29, 0.717) is 6.07 Å². The molecule has 5 N–H and O–H groups in total. The molecule has 2 rings (SSSR count). The van der Waals surface area contributed by atoms with Gasteiger partial charge in [-0.25, -0.2) is 10.8 Å². The van der Waals surface area contributed by atoms with Crippen molar-refractivity contribution >= 4 is 11.9 Å². The molecule has 0 radical (unpaired) electrons. The van der Waals surface area contributed by atoms with Crippen LogP contribution in [0.25, 0.3) is 5.82 Å². The number of alkyl halides is 3. The Balaban J connectivity index is 2.52. The first-order chi connectivity index (χ1) is 12.2. The molecular formula is C12H14F3N9O2. The summed E-state index contributed by atoms with van der Waals surface area (Å²) in [4.78, 5) is 19.6. The van der Waals surface area contributed by atoms with Crippen LogP contribution in [-0.2, 0) is 6.18 Å². The van der Waals surface area contributed by atoms with Crippen LogP contribution in [0.2, 0.25) is 0 Å². The van der Waals surface area contributed by atoms with Crippen LogP contribution >= 0.6 is 0 Å². The van der Waals surface area contributed by atoms with Gasteiger partial charge in [-0.1, -0.05) is 0 Å². The number of methoxy groups -OCH3 is 1. The Kier molecular flexibility index (Phi) is 5.25. The first-order valence-electron chi connectivity index (χ1n) is 6.79. The normalized spacial score (nSPS) is 12.0. The van der Waals surface area contributed by atoms with Crippen LogP contribution in [0.15, 0.2) is 23.6 Å². The first kappa shape index (κ1) is 18.9. The summed E-state index contributed by atoms with van der Waals surface area (Å²) in [7, 11) is 2.62. The van der Waals surface area contributed by atoms with Crippen molar-refractivity contribution < 1.29 is 22.7 Å². The van der Waals surface area contributed by atoms with Gasteiger partial charge in [0.25, 0.3) is 5.91 Å². The van der Waals surface area contributed by atoms with Crippen molar-refractivity contribution in [2.75, 3.05) is 14.2 Å². The zero-order valence-corrected chi connectivity index (χ0v) is 13.5. The van der Waals surface area contributed by atoms with Crippen LogP contribution in [0.4, 0.5) is 13.2 Å². The number of carbonyl (C=O) groups is 1. The molecule has 0 aliphatic carbocycles. The summed E-state index contributed by atoms with van der Waals surface area (Å²) in [6.07, 6.45) is -3.68. The van der Waals surface area contributed by atoms with Crippen molar-refractivity contribution in [2.45, 2.75) is 6.18 Å². The number of ether oxygens (including phenoxy) is 1. The fraction of sp³-hybridized carbons (Fsp3) is 0.250. The highest BCUT2D eigenvalue weighted by Crippen LogP contribution is 2.29. The molecule has 0 spiro atoms. The van der Waals surface area contributed by atoms with E-state index in [-0.39, 0.29) is 17.5 Å². The number of guanidine groups is 1. The molecule has 0 saturated heterocycles. The number of hydrogen-bond donors (Lipinski definition) is 3. The molecule has 140 valence electrons. The van der Waals surface area contributed by atoms with Gasteiger partial charge >= 0.3 is 12.2 Å². The lowest BCUT2D eigenvalue weighted by Crippen LogP contribution is -2.46. The second-order valence-corrected chi connectivity index (χ2v) is 4.76. The molecule has 1 amide bonds. The SMILES string of the molecule is COc1ncn(-c2nc(C(F)(F)F)ccc2C(=O)N/C(=N/N)N(C)N)n1. The van der Waals surface area contributed by atoms with Gasteiger partial charge in [0.2, 0.25) is 5.96 Å². The third kappa shape index (κ3) is 3.97. The molecule has 0 unspecified atom stereocenters. The monoisotopic (exact) mass is 373 g/mol. The van der Waals surface area contributed by atoms with Crippen molar-refractivity contribution in [2.24, 2.45) is 16.8 Å². The van der Waals surface area contributed by atoms with Crippen molar-refractivity contribution in [3.8, 4) is 11.8 Å². The minimum absolute atomic E-state index is 0.124. The predicted octanol–water partition coefficient (Wildman–Crippen LogP) is -0.545. The number of aromatic nitrogens is 4. The highest BCUT2D eigenvalue weighted by atomic mass is 19.4. The number of halogens is 3.